The monoisotopic (exact) mass is 288 g/mol. The van der Waals surface area contributed by atoms with E-state index in [0.717, 1.165) is 12.0 Å². The number of carbonyl (C=O) groups is 1. The predicted molar refractivity (Wildman–Crippen MR) is 77.4 cm³/mol. The molecule has 0 aliphatic rings. The van der Waals surface area contributed by atoms with Gasteiger partial charge in [-0.2, -0.15) is 0 Å². The first-order chi connectivity index (χ1) is 10.1. The highest BCUT2D eigenvalue weighted by atomic mass is 16.5. The number of esters is 1. The largest absolute Gasteiger partial charge is 0.457 e. The van der Waals surface area contributed by atoms with E-state index in [1.54, 1.807) is 4.68 Å². The van der Waals surface area contributed by atoms with Crippen LogP contribution in [0.5, 0.6) is 0 Å². The summed E-state index contributed by atoms with van der Waals surface area (Å²) in [6, 6.07) is 9.58. The number of aromatic nitrogens is 4. The first-order valence-electron chi connectivity index (χ1n) is 7.03. The summed E-state index contributed by atoms with van der Waals surface area (Å²) in [7, 11) is 0. The van der Waals surface area contributed by atoms with Crippen molar-refractivity contribution in [2.75, 3.05) is 0 Å². The maximum Gasteiger partial charge on any atom is 0.316 e. The molecule has 21 heavy (non-hydrogen) atoms. The molecule has 2 rings (SSSR count). The molecule has 1 aromatic heterocycles. The van der Waals surface area contributed by atoms with Gasteiger partial charge >= 0.3 is 5.97 Å². The van der Waals surface area contributed by atoms with E-state index in [-0.39, 0.29) is 12.6 Å². The number of hydrogen-bond acceptors (Lipinski definition) is 5. The molecule has 0 atom stereocenters. The number of hydrogen-bond donors (Lipinski definition) is 0. The SMILES string of the molecule is CCCn1nnnc1COC(=O)C(C)(C)c1ccccc1. The van der Waals surface area contributed by atoms with Gasteiger partial charge in [-0.15, -0.1) is 5.10 Å². The minimum absolute atomic E-state index is 0.0854. The Morgan fingerprint density at radius 1 is 1.29 bits per heavy atom. The zero-order valence-electron chi connectivity index (χ0n) is 12.6. The van der Waals surface area contributed by atoms with E-state index >= 15 is 0 Å². The second-order valence-corrected chi connectivity index (χ2v) is 5.39. The lowest BCUT2D eigenvalue weighted by Crippen LogP contribution is -2.31. The number of rotatable bonds is 6. The lowest BCUT2D eigenvalue weighted by atomic mass is 9.85. The standard InChI is InChI=1S/C15H20N4O2/c1-4-10-19-13(16-17-18-19)11-21-14(20)15(2,3)12-8-6-5-7-9-12/h5-9H,4,10-11H2,1-3H3. The van der Waals surface area contributed by atoms with Crippen LogP contribution in [0, 0.1) is 0 Å². The second-order valence-electron chi connectivity index (χ2n) is 5.39. The molecule has 0 saturated heterocycles. The van der Waals surface area contributed by atoms with Gasteiger partial charge in [-0.05, 0) is 36.3 Å². The van der Waals surface area contributed by atoms with E-state index in [1.165, 1.54) is 0 Å². The quantitative estimate of drug-likeness (QED) is 0.761. The van der Waals surface area contributed by atoms with Crippen molar-refractivity contribution in [3.05, 3.63) is 41.7 Å². The van der Waals surface area contributed by atoms with Crippen LogP contribution in [0.4, 0.5) is 0 Å². The Bertz CT molecular complexity index is 593. The molecule has 0 unspecified atom stereocenters. The van der Waals surface area contributed by atoms with Crippen LogP contribution in [-0.2, 0) is 28.1 Å². The molecule has 1 aromatic carbocycles. The maximum absolute atomic E-state index is 12.3. The van der Waals surface area contributed by atoms with E-state index in [9.17, 15) is 4.79 Å². The van der Waals surface area contributed by atoms with Crippen molar-refractivity contribution in [1.29, 1.82) is 0 Å². The predicted octanol–water partition coefficient (Wildman–Crippen LogP) is 2.10. The summed E-state index contributed by atoms with van der Waals surface area (Å²) in [5.41, 5.74) is 0.216. The van der Waals surface area contributed by atoms with E-state index in [0.29, 0.717) is 12.4 Å². The third-order valence-corrected chi connectivity index (χ3v) is 3.38. The number of ether oxygens (including phenoxy) is 1. The number of carbonyl (C=O) groups excluding carboxylic acids is 1. The van der Waals surface area contributed by atoms with Crippen LogP contribution in [-0.4, -0.2) is 26.2 Å². The Kier molecular flexibility index (Phi) is 4.67. The minimum atomic E-state index is -0.704. The molecule has 0 fully saturated rings. The lowest BCUT2D eigenvalue weighted by molar-refractivity contribution is -0.151. The van der Waals surface area contributed by atoms with Crippen LogP contribution >= 0.6 is 0 Å². The molecule has 0 bridgehead atoms. The fourth-order valence-corrected chi connectivity index (χ4v) is 2.00. The number of aryl methyl sites for hydroxylation is 1. The zero-order valence-corrected chi connectivity index (χ0v) is 12.6. The number of benzene rings is 1. The van der Waals surface area contributed by atoms with Crippen molar-refractivity contribution in [3.63, 3.8) is 0 Å². The van der Waals surface area contributed by atoms with Crippen molar-refractivity contribution in [2.24, 2.45) is 0 Å². The molecule has 1 heterocycles. The van der Waals surface area contributed by atoms with Gasteiger partial charge in [-0.1, -0.05) is 37.3 Å². The minimum Gasteiger partial charge on any atom is -0.457 e. The van der Waals surface area contributed by atoms with Gasteiger partial charge in [0, 0.05) is 6.54 Å². The smallest absolute Gasteiger partial charge is 0.316 e. The molecular weight excluding hydrogens is 268 g/mol. The van der Waals surface area contributed by atoms with Gasteiger partial charge < -0.3 is 4.74 Å². The number of tetrazole rings is 1. The van der Waals surface area contributed by atoms with Crippen LogP contribution in [0.25, 0.3) is 0 Å². The molecule has 0 aliphatic carbocycles. The fourth-order valence-electron chi connectivity index (χ4n) is 2.00. The molecule has 112 valence electrons. The van der Waals surface area contributed by atoms with Crippen molar-refractivity contribution in [1.82, 2.24) is 20.2 Å². The molecule has 6 nitrogen and oxygen atoms in total. The van der Waals surface area contributed by atoms with Crippen LogP contribution in [0.1, 0.15) is 38.6 Å². The second kappa shape index (κ2) is 6.47. The number of nitrogens with zero attached hydrogens (tertiary/aromatic N) is 4. The average Bonchev–Trinajstić information content (AvgIpc) is 2.93. The third kappa shape index (κ3) is 3.45. The van der Waals surface area contributed by atoms with E-state index in [4.69, 9.17) is 4.74 Å². The Morgan fingerprint density at radius 3 is 2.67 bits per heavy atom. The van der Waals surface area contributed by atoms with Gasteiger partial charge in [-0.3, -0.25) is 4.79 Å². The molecular formula is C15H20N4O2. The summed E-state index contributed by atoms with van der Waals surface area (Å²) in [5, 5.41) is 11.4. The van der Waals surface area contributed by atoms with Crippen LogP contribution in [0.2, 0.25) is 0 Å². The molecule has 0 amide bonds. The van der Waals surface area contributed by atoms with Gasteiger partial charge in [0.2, 0.25) is 0 Å². The Balaban J connectivity index is 2.03. The van der Waals surface area contributed by atoms with E-state index < -0.39 is 5.41 Å². The highest BCUT2D eigenvalue weighted by Crippen LogP contribution is 2.24. The van der Waals surface area contributed by atoms with Gasteiger partial charge in [0.05, 0.1) is 5.41 Å². The Labute approximate surface area is 124 Å². The Morgan fingerprint density at radius 2 is 2.00 bits per heavy atom. The van der Waals surface area contributed by atoms with Gasteiger partial charge in [0.25, 0.3) is 0 Å². The van der Waals surface area contributed by atoms with Gasteiger partial charge in [0.15, 0.2) is 12.4 Å². The molecule has 0 radical (unpaired) electrons. The van der Waals surface area contributed by atoms with Crippen molar-refractivity contribution < 1.29 is 9.53 Å². The third-order valence-electron chi connectivity index (χ3n) is 3.38. The molecule has 0 aliphatic heterocycles. The van der Waals surface area contributed by atoms with Crippen molar-refractivity contribution in [3.8, 4) is 0 Å². The normalized spacial score (nSPS) is 11.4. The van der Waals surface area contributed by atoms with Gasteiger partial charge in [0.1, 0.15) is 0 Å². The van der Waals surface area contributed by atoms with Gasteiger partial charge in [-0.25, -0.2) is 4.68 Å². The molecule has 0 spiro atoms. The van der Waals surface area contributed by atoms with Crippen LogP contribution in [0.3, 0.4) is 0 Å². The van der Waals surface area contributed by atoms with Crippen LogP contribution < -0.4 is 0 Å². The highest BCUT2D eigenvalue weighted by Gasteiger charge is 2.31. The lowest BCUT2D eigenvalue weighted by Gasteiger charge is -2.22. The maximum atomic E-state index is 12.3. The van der Waals surface area contributed by atoms with Crippen LogP contribution in [0.15, 0.2) is 30.3 Å². The Hall–Kier alpha value is -2.24. The van der Waals surface area contributed by atoms with E-state index in [2.05, 4.69) is 15.5 Å². The molecule has 0 saturated carbocycles. The fraction of sp³-hybridized carbons (Fsp3) is 0.467. The molecule has 0 N–H and O–H groups in total. The van der Waals surface area contributed by atoms with Crippen molar-refractivity contribution >= 4 is 5.97 Å². The summed E-state index contributed by atoms with van der Waals surface area (Å²) in [4.78, 5) is 12.3. The molecule has 2 aromatic rings. The average molecular weight is 288 g/mol. The van der Waals surface area contributed by atoms with E-state index in [1.807, 2.05) is 51.1 Å². The summed E-state index contributed by atoms with van der Waals surface area (Å²) < 4.78 is 7.05. The summed E-state index contributed by atoms with van der Waals surface area (Å²) >= 11 is 0. The topological polar surface area (TPSA) is 69.9 Å². The van der Waals surface area contributed by atoms with Crippen molar-refractivity contribution in [2.45, 2.75) is 45.8 Å². The first kappa shape index (κ1) is 15.2. The summed E-state index contributed by atoms with van der Waals surface area (Å²) in [6.07, 6.45) is 0.918. The summed E-state index contributed by atoms with van der Waals surface area (Å²) in [5.74, 6) is 0.272. The highest BCUT2D eigenvalue weighted by molar-refractivity contribution is 5.82. The zero-order chi connectivity index (χ0) is 15.3. The molecule has 6 heteroatoms. The summed E-state index contributed by atoms with van der Waals surface area (Å²) in [6.45, 7) is 6.53. The first-order valence-corrected chi connectivity index (χ1v) is 7.03.